The molecule has 134 valence electrons. The fraction of sp³-hybridized carbons (Fsp3) is 0.571. The van der Waals surface area contributed by atoms with E-state index in [1.165, 1.54) is 6.07 Å². The van der Waals surface area contributed by atoms with Gasteiger partial charge in [0.05, 0.1) is 4.47 Å². The molecular formula is C14H19BrCl2F4N2. The summed E-state index contributed by atoms with van der Waals surface area (Å²) < 4.78 is 51.6. The zero-order chi connectivity index (χ0) is 15.5. The molecule has 0 spiro atoms. The van der Waals surface area contributed by atoms with Crippen molar-refractivity contribution in [1.29, 1.82) is 0 Å². The maximum Gasteiger partial charge on any atom is 0.389 e. The predicted molar refractivity (Wildman–Crippen MR) is 91.1 cm³/mol. The van der Waals surface area contributed by atoms with E-state index in [-0.39, 0.29) is 31.2 Å². The van der Waals surface area contributed by atoms with Gasteiger partial charge in [0.2, 0.25) is 0 Å². The number of nitrogens with zero attached hydrogens (tertiary/aromatic N) is 1. The smallest absolute Gasteiger partial charge is 0.314 e. The minimum absolute atomic E-state index is 0. The van der Waals surface area contributed by atoms with Gasteiger partial charge in [-0.15, -0.1) is 24.8 Å². The first-order valence-corrected chi connectivity index (χ1v) is 7.62. The highest BCUT2D eigenvalue weighted by Gasteiger charge is 2.31. The van der Waals surface area contributed by atoms with Crippen LogP contribution in [0, 0.1) is 5.82 Å². The molecule has 1 aromatic rings. The summed E-state index contributed by atoms with van der Waals surface area (Å²) in [7, 11) is 0. The topological polar surface area (TPSA) is 15.3 Å². The number of piperazine rings is 1. The highest BCUT2D eigenvalue weighted by Crippen LogP contribution is 2.33. The minimum atomic E-state index is -4.19. The molecule has 0 bridgehead atoms. The number of hydrogen-bond donors (Lipinski definition) is 1. The van der Waals surface area contributed by atoms with E-state index in [0.717, 1.165) is 13.1 Å². The number of rotatable bonds is 4. The lowest BCUT2D eigenvalue weighted by Crippen LogP contribution is -2.45. The normalized spacial score (nSPS) is 17.1. The van der Waals surface area contributed by atoms with Crippen LogP contribution >= 0.6 is 40.7 Å². The van der Waals surface area contributed by atoms with Crippen molar-refractivity contribution in [3.63, 3.8) is 0 Å². The van der Waals surface area contributed by atoms with Crippen LogP contribution in [-0.4, -0.2) is 37.3 Å². The number of halogens is 7. The fourth-order valence-electron chi connectivity index (χ4n) is 2.57. The van der Waals surface area contributed by atoms with E-state index >= 15 is 0 Å². The van der Waals surface area contributed by atoms with Crippen LogP contribution < -0.4 is 5.32 Å². The molecule has 1 atom stereocenters. The SMILES string of the molecule is Cl.Cl.Fc1cc([C@@H](CCC(F)(F)F)N2CCNCC2)ccc1Br. The molecule has 1 fully saturated rings. The summed E-state index contributed by atoms with van der Waals surface area (Å²) in [5.74, 6) is -0.445. The number of hydrogen-bond acceptors (Lipinski definition) is 2. The number of nitrogens with one attached hydrogen (secondary N) is 1. The van der Waals surface area contributed by atoms with Crippen molar-refractivity contribution in [1.82, 2.24) is 10.2 Å². The van der Waals surface area contributed by atoms with Crippen LogP contribution in [0.1, 0.15) is 24.4 Å². The van der Waals surface area contributed by atoms with Gasteiger partial charge in [0.15, 0.2) is 0 Å². The molecule has 0 aromatic heterocycles. The van der Waals surface area contributed by atoms with Crippen molar-refractivity contribution >= 4 is 40.7 Å². The Morgan fingerprint density at radius 1 is 1.17 bits per heavy atom. The molecule has 0 unspecified atom stereocenters. The van der Waals surface area contributed by atoms with Crippen LogP contribution in [0.2, 0.25) is 0 Å². The second-order valence-corrected chi connectivity index (χ2v) is 5.98. The molecule has 0 radical (unpaired) electrons. The average Bonchev–Trinajstić information content (AvgIpc) is 2.43. The second-order valence-electron chi connectivity index (χ2n) is 5.13. The first kappa shape index (κ1) is 22.9. The highest BCUT2D eigenvalue weighted by molar-refractivity contribution is 9.10. The van der Waals surface area contributed by atoms with E-state index < -0.39 is 24.5 Å². The summed E-state index contributed by atoms with van der Waals surface area (Å²) in [6.07, 6.45) is -5.11. The quantitative estimate of drug-likeness (QED) is 0.680. The van der Waals surface area contributed by atoms with Gasteiger partial charge in [0.1, 0.15) is 5.82 Å². The predicted octanol–water partition coefficient (Wildman–Crippen LogP) is 4.72. The van der Waals surface area contributed by atoms with Gasteiger partial charge < -0.3 is 5.32 Å². The first-order valence-electron chi connectivity index (χ1n) is 6.83. The Bertz CT molecular complexity index is 482. The molecule has 0 aliphatic carbocycles. The Labute approximate surface area is 153 Å². The monoisotopic (exact) mass is 440 g/mol. The molecule has 23 heavy (non-hydrogen) atoms. The second kappa shape index (κ2) is 10.0. The zero-order valence-electron chi connectivity index (χ0n) is 12.2. The molecule has 0 saturated carbocycles. The molecular weight excluding hydrogens is 423 g/mol. The Kier molecular flexibility index (Phi) is 10.00. The Hall–Kier alpha value is -0.0800. The van der Waals surface area contributed by atoms with Gasteiger partial charge in [-0.1, -0.05) is 6.07 Å². The molecule has 1 aliphatic heterocycles. The molecule has 9 heteroatoms. The van der Waals surface area contributed by atoms with Crippen LogP contribution in [0.3, 0.4) is 0 Å². The van der Waals surface area contributed by atoms with Crippen LogP contribution in [0.4, 0.5) is 17.6 Å². The van der Waals surface area contributed by atoms with Gasteiger partial charge in [-0.05, 0) is 40.0 Å². The van der Waals surface area contributed by atoms with Crippen molar-refractivity contribution in [2.24, 2.45) is 0 Å². The summed E-state index contributed by atoms with van der Waals surface area (Å²) in [4.78, 5) is 1.99. The van der Waals surface area contributed by atoms with E-state index in [2.05, 4.69) is 21.2 Å². The first-order chi connectivity index (χ1) is 9.87. The molecule has 2 rings (SSSR count). The molecule has 2 nitrogen and oxygen atoms in total. The Morgan fingerprint density at radius 3 is 2.30 bits per heavy atom. The van der Waals surface area contributed by atoms with Gasteiger partial charge in [0.25, 0.3) is 0 Å². The van der Waals surface area contributed by atoms with Gasteiger partial charge >= 0.3 is 6.18 Å². The summed E-state index contributed by atoms with van der Waals surface area (Å²) in [6.45, 7) is 2.81. The molecule has 1 saturated heterocycles. The summed E-state index contributed by atoms with van der Waals surface area (Å²) >= 11 is 3.07. The maximum absolute atomic E-state index is 13.7. The van der Waals surface area contributed by atoms with Gasteiger partial charge in [0, 0.05) is 38.6 Å². The average molecular weight is 442 g/mol. The standard InChI is InChI=1S/C14H17BrF4N2.2ClH/c15-11-2-1-10(9-12(11)16)13(3-4-14(17,18)19)21-7-5-20-6-8-21;;/h1-2,9,13,20H,3-8H2;2*1H/t13-;;/m1../s1. The molecule has 0 amide bonds. The van der Waals surface area contributed by atoms with Crippen LogP contribution in [0.5, 0.6) is 0 Å². The van der Waals surface area contributed by atoms with Gasteiger partial charge in [-0.25, -0.2) is 4.39 Å². The Balaban J connectivity index is 0.00000242. The fourth-order valence-corrected chi connectivity index (χ4v) is 2.82. The van der Waals surface area contributed by atoms with Crippen molar-refractivity contribution in [2.45, 2.75) is 25.1 Å². The van der Waals surface area contributed by atoms with E-state index in [4.69, 9.17) is 0 Å². The van der Waals surface area contributed by atoms with E-state index in [1.54, 1.807) is 12.1 Å². The van der Waals surface area contributed by atoms with Crippen molar-refractivity contribution in [3.05, 3.63) is 34.1 Å². The Morgan fingerprint density at radius 2 is 1.78 bits per heavy atom. The summed E-state index contributed by atoms with van der Waals surface area (Å²) in [5, 5.41) is 3.17. The van der Waals surface area contributed by atoms with Crippen molar-refractivity contribution in [2.75, 3.05) is 26.2 Å². The van der Waals surface area contributed by atoms with Gasteiger partial charge in [-0.2, -0.15) is 13.2 Å². The molecule has 1 N–H and O–H groups in total. The third-order valence-electron chi connectivity index (χ3n) is 3.62. The lowest BCUT2D eigenvalue weighted by molar-refractivity contribution is -0.138. The lowest BCUT2D eigenvalue weighted by atomic mass is 9.99. The summed E-state index contributed by atoms with van der Waals surface area (Å²) in [6, 6.07) is 4.16. The third kappa shape index (κ3) is 7.13. The summed E-state index contributed by atoms with van der Waals surface area (Å²) in [5.41, 5.74) is 0.599. The van der Waals surface area contributed by atoms with Gasteiger partial charge in [-0.3, -0.25) is 4.90 Å². The zero-order valence-corrected chi connectivity index (χ0v) is 15.4. The van der Waals surface area contributed by atoms with Crippen LogP contribution in [0.25, 0.3) is 0 Å². The third-order valence-corrected chi connectivity index (χ3v) is 4.27. The molecule has 1 aromatic carbocycles. The minimum Gasteiger partial charge on any atom is -0.314 e. The van der Waals surface area contributed by atoms with Crippen molar-refractivity contribution in [3.8, 4) is 0 Å². The van der Waals surface area contributed by atoms with Crippen LogP contribution in [0.15, 0.2) is 22.7 Å². The molecule has 1 heterocycles. The largest absolute Gasteiger partial charge is 0.389 e. The van der Waals surface area contributed by atoms with E-state index in [1.807, 2.05) is 4.90 Å². The van der Waals surface area contributed by atoms with Crippen molar-refractivity contribution < 1.29 is 17.6 Å². The number of benzene rings is 1. The molecule has 1 aliphatic rings. The van der Waals surface area contributed by atoms with E-state index in [9.17, 15) is 17.6 Å². The highest BCUT2D eigenvalue weighted by atomic mass is 79.9. The maximum atomic E-state index is 13.7. The van der Waals surface area contributed by atoms with Crippen LogP contribution in [-0.2, 0) is 0 Å². The number of alkyl halides is 3. The lowest BCUT2D eigenvalue weighted by Gasteiger charge is -2.35. The van der Waals surface area contributed by atoms with E-state index in [0.29, 0.717) is 23.1 Å².